The Morgan fingerprint density at radius 3 is 2.23 bits per heavy atom. The normalized spacial score (nSPS) is 24.1. The minimum atomic E-state index is -0.846. The number of benzene rings is 2. The number of aliphatic hydroxyl groups is 1. The Morgan fingerprint density at radius 2 is 1.67 bits per heavy atom. The van der Waals surface area contributed by atoms with E-state index in [2.05, 4.69) is 0 Å². The smallest absolute Gasteiger partial charge is 0.293 e. The number of rotatable bonds is 6. The lowest BCUT2D eigenvalue weighted by Gasteiger charge is -2.41. The fourth-order valence-corrected chi connectivity index (χ4v) is 4.52. The van der Waals surface area contributed by atoms with Crippen molar-refractivity contribution in [2.24, 2.45) is 11.8 Å². The number of aliphatic hydroxyl groups excluding tert-OH is 1. The number of phenolic OH excluding ortho intramolecular Hbond substituents is 1. The topological polar surface area (TPSA) is 104 Å². The molecule has 1 aliphatic heterocycles. The van der Waals surface area contributed by atoms with Crippen molar-refractivity contribution >= 4 is 6.47 Å². The molecule has 0 saturated heterocycles. The highest BCUT2D eigenvalue weighted by atomic mass is 16.7. The molecule has 4 rings (SSSR count). The summed E-state index contributed by atoms with van der Waals surface area (Å²) in [7, 11) is 2.94. The van der Waals surface area contributed by atoms with Gasteiger partial charge in [-0.25, -0.2) is 0 Å². The lowest BCUT2D eigenvalue weighted by atomic mass is 9.66. The number of hydrogen-bond donors (Lipinski definition) is 2. The van der Waals surface area contributed by atoms with Crippen LogP contribution in [0.2, 0.25) is 0 Å². The zero-order chi connectivity index (χ0) is 21.4. The van der Waals surface area contributed by atoms with Gasteiger partial charge in [0.05, 0.1) is 26.9 Å². The second kappa shape index (κ2) is 7.95. The fourth-order valence-electron chi connectivity index (χ4n) is 4.52. The van der Waals surface area contributed by atoms with Crippen LogP contribution in [-0.4, -0.2) is 44.3 Å². The Kier molecular flexibility index (Phi) is 5.34. The average molecular weight is 416 g/mol. The van der Waals surface area contributed by atoms with Crippen LogP contribution in [0.5, 0.6) is 28.7 Å². The zero-order valence-corrected chi connectivity index (χ0v) is 17.0. The highest BCUT2D eigenvalue weighted by Gasteiger charge is 2.42. The standard InChI is InChI=1S/C22H24O8/c1-11-15(8-28-9-23)21(24)14-7-17-16(29-10-30-17)6-13(14)20(11)12-4-18(26-2)22(25)19(5-12)27-3/h4-7,9,11,15,20-21,24-25H,8,10H2,1-3H3/t11-,15-,20+,21+/m0/s1. The fraction of sp³-hybridized carbons (Fsp3) is 0.409. The average Bonchev–Trinajstić information content (AvgIpc) is 3.21. The van der Waals surface area contributed by atoms with Gasteiger partial charge in [-0.1, -0.05) is 6.92 Å². The van der Waals surface area contributed by atoms with Gasteiger partial charge in [0, 0.05) is 11.8 Å². The summed E-state index contributed by atoms with van der Waals surface area (Å²) < 4.78 is 26.7. The first-order chi connectivity index (χ1) is 14.5. The number of ether oxygens (including phenoxy) is 5. The lowest BCUT2D eigenvalue weighted by molar-refractivity contribution is -0.132. The monoisotopic (exact) mass is 416 g/mol. The Bertz CT molecular complexity index is 931. The van der Waals surface area contributed by atoms with Crippen molar-refractivity contribution in [3.8, 4) is 28.7 Å². The highest BCUT2D eigenvalue weighted by Crippen LogP contribution is 2.53. The molecule has 160 valence electrons. The van der Waals surface area contributed by atoms with Crippen LogP contribution in [-0.2, 0) is 9.53 Å². The van der Waals surface area contributed by atoms with Gasteiger partial charge in [0.2, 0.25) is 12.5 Å². The number of aromatic hydroxyl groups is 1. The van der Waals surface area contributed by atoms with E-state index in [9.17, 15) is 15.0 Å². The van der Waals surface area contributed by atoms with Crippen LogP contribution in [0.3, 0.4) is 0 Å². The Balaban J connectivity index is 1.90. The molecule has 8 nitrogen and oxygen atoms in total. The summed E-state index contributed by atoms with van der Waals surface area (Å²) in [4.78, 5) is 10.8. The molecule has 0 bridgehead atoms. The number of phenols is 1. The van der Waals surface area contributed by atoms with E-state index in [1.165, 1.54) is 14.2 Å². The van der Waals surface area contributed by atoms with E-state index in [1.54, 1.807) is 18.2 Å². The summed E-state index contributed by atoms with van der Waals surface area (Å²) in [6.45, 7) is 2.57. The molecule has 2 N–H and O–H groups in total. The molecule has 1 aliphatic carbocycles. The Labute approximate surface area is 173 Å². The van der Waals surface area contributed by atoms with Crippen LogP contribution >= 0.6 is 0 Å². The van der Waals surface area contributed by atoms with Crippen LogP contribution in [0.4, 0.5) is 0 Å². The molecule has 0 amide bonds. The van der Waals surface area contributed by atoms with E-state index in [4.69, 9.17) is 23.7 Å². The van der Waals surface area contributed by atoms with Gasteiger partial charge in [0.25, 0.3) is 6.47 Å². The third-order valence-electron chi connectivity index (χ3n) is 6.06. The third kappa shape index (κ3) is 3.17. The number of carbonyl (C=O) groups excluding carboxylic acids is 1. The second-order valence-electron chi connectivity index (χ2n) is 7.48. The molecule has 0 radical (unpaired) electrons. The van der Waals surface area contributed by atoms with Gasteiger partial charge in [-0.2, -0.15) is 0 Å². The summed E-state index contributed by atoms with van der Waals surface area (Å²) in [5, 5.41) is 21.4. The molecular formula is C22H24O8. The van der Waals surface area contributed by atoms with Crippen LogP contribution in [0.25, 0.3) is 0 Å². The van der Waals surface area contributed by atoms with Crippen molar-refractivity contribution in [2.75, 3.05) is 27.6 Å². The molecule has 0 fully saturated rings. The van der Waals surface area contributed by atoms with Gasteiger partial charge in [0.1, 0.15) is 0 Å². The number of methoxy groups -OCH3 is 2. The Morgan fingerprint density at radius 1 is 1.07 bits per heavy atom. The van der Waals surface area contributed by atoms with Crippen molar-refractivity contribution in [3.05, 3.63) is 41.0 Å². The van der Waals surface area contributed by atoms with Gasteiger partial charge in [0.15, 0.2) is 23.0 Å². The van der Waals surface area contributed by atoms with E-state index < -0.39 is 6.10 Å². The lowest BCUT2D eigenvalue weighted by Crippen LogP contribution is -2.35. The maximum absolute atomic E-state index is 11.1. The summed E-state index contributed by atoms with van der Waals surface area (Å²) in [6.07, 6.45) is -0.846. The predicted molar refractivity (Wildman–Crippen MR) is 105 cm³/mol. The molecule has 0 aromatic heterocycles. The van der Waals surface area contributed by atoms with Crippen LogP contribution in [0.15, 0.2) is 24.3 Å². The molecule has 8 heteroatoms. The van der Waals surface area contributed by atoms with E-state index in [0.29, 0.717) is 23.5 Å². The molecule has 0 spiro atoms. The van der Waals surface area contributed by atoms with Gasteiger partial charge in [-0.05, 0) is 46.9 Å². The van der Waals surface area contributed by atoms with Crippen molar-refractivity contribution < 1.29 is 38.7 Å². The maximum atomic E-state index is 11.1. The van der Waals surface area contributed by atoms with Crippen molar-refractivity contribution in [2.45, 2.75) is 18.9 Å². The zero-order valence-electron chi connectivity index (χ0n) is 17.0. The molecule has 4 atom stereocenters. The number of fused-ring (bicyclic) bond motifs is 2. The van der Waals surface area contributed by atoms with Gasteiger partial charge < -0.3 is 33.9 Å². The molecule has 30 heavy (non-hydrogen) atoms. The molecule has 2 aromatic carbocycles. The van der Waals surface area contributed by atoms with E-state index in [-0.39, 0.29) is 48.4 Å². The summed E-state index contributed by atoms with van der Waals surface area (Å²) in [5.74, 6) is 0.984. The van der Waals surface area contributed by atoms with E-state index >= 15 is 0 Å². The first kappa shape index (κ1) is 20.2. The molecule has 0 unspecified atom stereocenters. The third-order valence-corrected chi connectivity index (χ3v) is 6.06. The van der Waals surface area contributed by atoms with Gasteiger partial charge in [-0.3, -0.25) is 4.79 Å². The minimum absolute atomic E-state index is 0.0720. The van der Waals surface area contributed by atoms with Crippen LogP contribution < -0.4 is 18.9 Å². The van der Waals surface area contributed by atoms with Crippen molar-refractivity contribution in [3.63, 3.8) is 0 Å². The predicted octanol–water partition coefficient (Wildman–Crippen LogP) is 2.74. The minimum Gasteiger partial charge on any atom is -0.502 e. The quantitative estimate of drug-likeness (QED) is 0.693. The summed E-state index contributed by atoms with van der Waals surface area (Å²) in [6, 6.07) is 7.17. The van der Waals surface area contributed by atoms with Crippen molar-refractivity contribution in [1.29, 1.82) is 0 Å². The maximum Gasteiger partial charge on any atom is 0.293 e. The first-order valence-electron chi connectivity index (χ1n) is 9.61. The molecule has 2 aliphatic rings. The van der Waals surface area contributed by atoms with Gasteiger partial charge in [-0.15, -0.1) is 0 Å². The summed E-state index contributed by atoms with van der Waals surface area (Å²) >= 11 is 0. The molecule has 1 heterocycles. The van der Waals surface area contributed by atoms with E-state index in [0.717, 1.165) is 11.1 Å². The summed E-state index contributed by atoms with van der Waals surface area (Å²) in [5.41, 5.74) is 2.39. The highest BCUT2D eigenvalue weighted by molar-refractivity contribution is 5.58. The molecule has 2 aromatic rings. The Hall–Kier alpha value is -3.13. The van der Waals surface area contributed by atoms with Gasteiger partial charge >= 0.3 is 0 Å². The van der Waals surface area contributed by atoms with E-state index in [1.807, 2.05) is 13.0 Å². The van der Waals surface area contributed by atoms with Crippen molar-refractivity contribution in [1.82, 2.24) is 0 Å². The first-order valence-corrected chi connectivity index (χ1v) is 9.61. The number of carbonyl (C=O) groups is 1. The number of hydrogen-bond acceptors (Lipinski definition) is 8. The molecule has 0 saturated carbocycles. The SMILES string of the molecule is COc1cc([C@@H]2c3cc4c(cc3[C@@H](O)[C@@H](COC=O)[C@@H]2C)OCO4)cc(OC)c1O. The molecular weight excluding hydrogens is 392 g/mol. The van der Waals surface area contributed by atoms with Crippen LogP contribution in [0, 0.1) is 11.8 Å². The second-order valence-corrected chi connectivity index (χ2v) is 7.48. The van der Waals surface area contributed by atoms with Crippen LogP contribution in [0.1, 0.15) is 35.6 Å². The largest absolute Gasteiger partial charge is 0.502 e.